The molecule has 2 atom stereocenters. The first kappa shape index (κ1) is 14.8. The van der Waals surface area contributed by atoms with Gasteiger partial charge in [-0.05, 0) is 75.4 Å². The Hall–Kier alpha value is -0.0800. The van der Waals surface area contributed by atoms with Crippen molar-refractivity contribution in [3.63, 3.8) is 0 Å². The predicted octanol–water partition coefficient (Wildman–Crippen LogP) is 3.67. The van der Waals surface area contributed by atoms with E-state index < -0.39 is 0 Å². The van der Waals surface area contributed by atoms with Crippen molar-refractivity contribution in [3.05, 3.63) is 0 Å². The zero-order valence-corrected chi connectivity index (χ0v) is 13.9. The molecule has 2 heteroatoms. The van der Waals surface area contributed by atoms with Crippen LogP contribution in [0.2, 0.25) is 0 Å². The third kappa shape index (κ3) is 2.78. The van der Waals surface area contributed by atoms with Gasteiger partial charge in [-0.1, -0.05) is 26.7 Å². The van der Waals surface area contributed by atoms with Crippen LogP contribution in [0.3, 0.4) is 0 Å². The number of nitrogens with one attached hydrogen (secondary N) is 1. The van der Waals surface area contributed by atoms with Gasteiger partial charge >= 0.3 is 0 Å². The van der Waals surface area contributed by atoms with Gasteiger partial charge in [0.2, 0.25) is 0 Å². The molecular formula is C18H34N2. The molecule has 2 aliphatic carbocycles. The number of likely N-dealkylation sites (tertiary alicyclic amines) is 1. The fourth-order valence-electron chi connectivity index (χ4n) is 5.51. The highest BCUT2D eigenvalue weighted by Gasteiger charge is 2.43. The number of hydrogen-bond acceptors (Lipinski definition) is 2. The normalized spacial score (nSPS) is 36.8. The predicted molar refractivity (Wildman–Crippen MR) is 85.9 cm³/mol. The van der Waals surface area contributed by atoms with E-state index in [0.717, 1.165) is 11.3 Å². The van der Waals surface area contributed by atoms with E-state index in [1.807, 2.05) is 0 Å². The Labute approximate surface area is 125 Å². The van der Waals surface area contributed by atoms with Crippen molar-refractivity contribution in [2.45, 2.75) is 71.3 Å². The van der Waals surface area contributed by atoms with Gasteiger partial charge in [0.05, 0.1) is 0 Å². The van der Waals surface area contributed by atoms with E-state index >= 15 is 0 Å². The van der Waals surface area contributed by atoms with Crippen molar-refractivity contribution in [1.29, 1.82) is 0 Å². The van der Waals surface area contributed by atoms with Crippen LogP contribution in [0, 0.1) is 16.7 Å². The van der Waals surface area contributed by atoms with Crippen molar-refractivity contribution in [3.8, 4) is 0 Å². The fraction of sp³-hybridized carbons (Fsp3) is 1.00. The van der Waals surface area contributed by atoms with Gasteiger partial charge in [0.25, 0.3) is 0 Å². The molecule has 1 aliphatic heterocycles. The van der Waals surface area contributed by atoms with E-state index in [2.05, 4.69) is 31.1 Å². The number of hydrogen-bond donors (Lipinski definition) is 1. The average molecular weight is 278 g/mol. The molecule has 1 saturated heterocycles. The number of piperidine rings is 1. The second kappa shape index (κ2) is 5.61. The molecule has 0 radical (unpaired) electrons. The van der Waals surface area contributed by atoms with Crippen LogP contribution in [-0.4, -0.2) is 37.6 Å². The minimum absolute atomic E-state index is 0.488. The minimum Gasteiger partial charge on any atom is -0.316 e. The number of rotatable bonds is 3. The first-order chi connectivity index (χ1) is 9.55. The van der Waals surface area contributed by atoms with E-state index in [9.17, 15) is 0 Å². The summed E-state index contributed by atoms with van der Waals surface area (Å²) in [5, 5.41) is 3.62. The molecule has 2 saturated carbocycles. The molecule has 0 aromatic rings. The van der Waals surface area contributed by atoms with Crippen LogP contribution in [0.25, 0.3) is 0 Å². The summed E-state index contributed by atoms with van der Waals surface area (Å²) >= 11 is 0. The zero-order valence-electron chi connectivity index (χ0n) is 13.9. The molecule has 3 rings (SSSR count). The van der Waals surface area contributed by atoms with E-state index in [1.54, 1.807) is 0 Å². The van der Waals surface area contributed by atoms with Crippen LogP contribution >= 0.6 is 0 Å². The fourth-order valence-corrected chi connectivity index (χ4v) is 5.51. The molecule has 0 aromatic heterocycles. The lowest BCUT2D eigenvalue weighted by atomic mass is 9.77. The van der Waals surface area contributed by atoms with Crippen molar-refractivity contribution >= 4 is 0 Å². The monoisotopic (exact) mass is 278 g/mol. The summed E-state index contributed by atoms with van der Waals surface area (Å²) in [5.74, 6) is 0.868. The lowest BCUT2D eigenvalue weighted by molar-refractivity contribution is 0.0890. The summed E-state index contributed by atoms with van der Waals surface area (Å²) in [7, 11) is 2.16. The zero-order chi connectivity index (χ0) is 14.2. The molecule has 0 aromatic carbocycles. The van der Waals surface area contributed by atoms with Crippen molar-refractivity contribution in [2.24, 2.45) is 16.7 Å². The van der Waals surface area contributed by atoms with Gasteiger partial charge in [0.15, 0.2) is 0 Å². The Balaban J connectivity index is 1.52. The summed E-state index contributed by atoms with van der Waals surface area (Å²) in [6.07, 6.45) is 11.8. The number of nitrogens with zero attached hydrogens (tertiary/aromatic N) is 1. The maximum Gasteiger partial charge on any atom is 0.0156 e. The van der Waals surface area contributed by atoms with Gasteiger partial charge in [-0.2, -0.15) is 0 Å². The third-order valence-electron chi connectivity index (χ3n) is 6.86. The minimum atomic E-state index is 0.488. The summed E-state index contributed by atoms with van der Waals surface area (Å²) in [6, 6.07) is 0.713. The Bertz CT molecular complexity index is 320. The van der Waals surface area contributed by atoms with E-state index in [-0.39, 0.29) is 0 Å². The molecule has 1 heterocycles. The Morgan fingerprint density at radius 1 is 1.00 bits per heavy atom. The lowest BCUT2D eigenvalue weighted by Crippen LogP contribution is -2.46. The van der Waals surface area contributed by atoms with E-state index in [0.29, 0.717) is 11.5 Å². The van der Waals surface area contributed by atoms with Crippen LogP contribution in [-0.2, 0) is 0 Å². The van der Waals surface area contributed by atoms with Crippen LogP contribution < -0.4 is 5.32 Å². The van der Waals surface area contributed by atoms with Gasteiger partial charge in [-0.15, -0.1) is 0 Å². The van der Waals surface area contributed by atoms with Gasteiger partial charge in [0, 0.05) is 12.6 Å². The molecule has 20 heavy (non-hydrogen) atoms. The standard InChI is InChI=1S/C18H34N2/c1-17(2)9-6-15(16(17)19-3)14-20-12-10-18(11-13-20)7-4-5-8-18/h15-16,19H,4-14H2,1-3H3. The first-order valence-electron chi connectivity index (χ1n) is 8.94. The van der Waals surface area contributed by atoms with Crippen LogP contribution in [0.15, 0.2) is 0 Å². The Kier molecular flexibility index (Phi) is 4.16. The molecular weight excluding hydrogens is 244 g/mol. The quantitative estimate of drug-likeness (QED) is 0.847. The van der Waals surface area contributed by atoms with Crippen molar-refractivity contribution in [1.82, 2.24) is 10.2 Å². The molecule has 1 N–H and O–H groups in total. The first-order valence-corrected chi connectivity index (χ1v) is 8.94. The second-order valence-corrected chi connectivity index (χ2v) is 8.56. The highest BCUT2D eigenvalue weighted by atomic mass is 15.1. The van der Waals surface area contributed by atoms with Crippen LogP contribution in [0.5, 0.6) is 0 Å². The van der Waals surface area contributed by atoms with Crippen molar-refractivity contribution < 1.29 is 0 Å². The van der Waals surface area contributed by atoms with Gasteiger partial charge in [0.1, 0.15) is 0 Å². The average Bonchev–Trinajstić information content (AvgIpc) is 2.98. The summed E-state index contributed by atoms with van der Waals surface area (Å²) in [4.78, 5) is 2.78. The molecule has 2 unspecified atom stereocenters. The highest BCUT2D eigenvalue weighted by Crippen LogP contribution is 2.47. The molecule has 116 valence electrons. The smallest absolute Gasteiger partial charge is 0.0156 e. The Morgan fingerprint density at radius 2 is 1.65 bits per heavy atom. The van der Waals surface area contributed by atoms with Gasteiger partial charge in [-0.25, -0.2) is 0 Å². The third-order valence-corrected chi connectivity index (χ3v) is 6.86. The van der Waals surface area contributed by atoms with Crippen molar-refractivity contribution in [2.75, 3.05) is 26.7 Å². The molecule has 2 nitrogen and oxygen atoms in total. The SMILES string of the molecule is CNC1C(CN2CCC3(CCCC3)CC2)CCC1(C)C. The van der Waals surface area contributed by atoms with E-state index in [4.69, 9.17) is 0 Å². The summed E-state index contributed by atoms with van der Waals surface area (Å²) < 4.78 is 0. The largest absolute Gasteiger partial charge is 0.316 e. The topological polar surface area (TPSA) is 15.3 Å². The summed E-state index contributed by atoms with van der Waals surface area (Å²) in [5.41, 5.74) is 1.26. The van der Waals surface area contributed by atoms with Gasteiger partial charge < -0.3 is 10.2 Å². The van der Waals surface area contributed by atoms with Crippen LogP contribution in [0.1, 0.15) is 65.2 Å². The molecule has 1 spiro atoms. The maximum absolute atomic E-state index is 3.62. The summed E-state index contributed by atoms with van der Waals surface area (Å²) in [6.45, 7) is 8.96. The van der Waals surface area contributed by atoms with E-state index in [1.165, 1.54) is 71.0 Å². The molecule has 0 bridgehead atoms. The lowest BCUT2D eigenvalue weighted by Gasteiger charge is -2.41. The van der Waals surface area contributed by atoms with Gasteiger partial charge in [-0.3, -0.25) is 0 Å². The second-order valence-electron chi connectivity index (χ2n) is 8.56. The highest BCUT2D eigenvalue weighted by molar-refractivity contribution is 4.97. The molecule has 0 amide bonds. The van der Waals surface area contributed by atoms with Crippen LogP contribution in [0.4, 0.5) is 0 Å². The molecule has 3 aliphatic rings. The Morgan fingerprint density at radius 3 is 2.25 bits per heavy atom. The maximum atomic E-state index is 3.62. The molecule has 3 fully saturated rings.